The van der Waals surface area contributed by atoms with Crippen molar-refractivity contribution in [2.45, 2.75) is 20.3 Å². The van der Waals surface area contributed by atoms with Crippen LogP contribution in [0.4, 0.5) is 23.1 Å². The van der Waals surface area contributed by atoms with Gasteiger partial charge in [0.15, 0.2) is 0 Å². The molecular formula is C26H29N5. The van der Waals surface area contributed by atoms with Gasteiger partial charge in [0, 0.05) is 36.4 Å². The molecule has 158 valence electrons. The van der Waals surface area contributed by atoms with Crippen molar-refractivity contribution in [3.63, 3.8) is 0 Å². The normalized spacial score (nSPS) is 10.8. The number of nitrogens with one attached hydrogen (secondary N) is 2. The Hall–Kier alpha value is -3.60. The smallest absolute Gasteiger partial charge is 0.229 e. The highest BCUT2D eigenvalue weighted by Crippen LogP contribution is 2.25. The highest BCUT2D eigenvalue weighted by atomic mass is 15.1. The van der Waals surface area contributed by atoms with Gasteiger partial charge in [0.1, 0.15) is 5.82 Å². The first-order valence-corrected chi connectivity index (χ1v) is 10.9. The topological polar surface area (TPSA) is 53.1 Å². The summed E-state index contributed by atoms with van der Waals surface area (Å²) in [5, 5.41) is 7.90. The molecule has 4 aromatic rings. The summed E-state index contributed by atoms with van der Waals surface area (Å²) in [5.74, 6) is 1.44. The van der Waals surface area contributed by atoms with Gasteiger partial charge in [0.05, 0.1) is 5.52 Å². The molecule has 0 amide bonds. The van der Waals surface area contributed by atoms with E-state index in [2.05, 4.69) is 84.0 Å². The van der Waals surface area contributed by atoms with Gasteiger partial charge in [0.25, 0.3) is 0 Å². The monoisotopic (exact) mass is 411 g/mol. The third-order valence-corrected chi connectivity index (χ3v) is 5.40. The van der Waals surface area contributed by atoms with Crippen LogP contribution in [-0.2, 0) is 6.42 Å². The molecule has 0 spiro atoms. The first-order chi connectivity index (χ1) is 15.3. The zero-order valence-corrected chi connectivity index (χ0v) is 18.2. The van der Waals surface area contributed by atoms with Crippen molar-refractivity contribution >= 4 is 34.0 Å². The standard InChI is InChI=1S/C26H29N5/c1-3-31(4-2)22-16-14-21(15-17-22)28-26-29-24-13-9-8-12-23(24)25(30-26)27-19-18-20-10-6-5-7-11-20/h5-17H,3-4,18-19H2,1-2H3,(H2,27,28,29,30). The van der Waals surface area contributed by atoms with Gasteiger partial charge in [-0.2, -0.15) is 4.98 Å². The van der Waals surface area contributed by atoms with Gasteiger partial charge in [-0.05, 0) is 62.2 Å². The van der Waals surface area contributed by atoms with Crippen LogP contribution in [0.3, 0.4) is 0 Å². The number of hydrogen-bond acceptors (Lipinski definition) is 5. The molecule has 1 aromatic heterocycles. The number of para-hydroxylation sites is 1. The first kappa shape index (κ1) is 20.7. The largest absolute Gasteiger partial charge is 0.372 e. The number of nitrogens with zero attached hydrogens (tertiary/aromatic N) is 3. The van der Waals surface area contributed by atoms with E-state index in [1.165, 1.54) is 11.3 Å². The molecule has 0 fully saturated rings. The molecule has 0 saturated carbocycles. The van der Waals surface area contributed by atoms with Crippen LogP contribution in [0, 0.1) is 0 Å². The molecule has 0 bridgehead atoms. The highest BCUT2D eigenvalue weighted by molar-refractivity contribution is 5.90. The number of aromatic nitrogens is 2. The van der Waals surface area contributed by atoms with E-state index in [9.17, 15) is 0 Å². The van der Waals surface area contributed by atoms with Crippen LogP contribution in [0.2, 0.25) is 0 Å². The van der Waals surface area contributed by atoms with E-state index >= 15 is 0 Å². The van der Waals surface area contributed by atoms with E-state index in [0.717, 1.165) is 48.5 Å². The fourth-order valence-corrected chi connectivity index (χ4v) is 3.71. The summed E-state index contributed by atoms with van der Waals surface area (Å²) in [4.78, 5) is 11.8. The van der Waals surface area contributed by atoms with Gasteiger partial charge in [-0.25, -0.2) is 4.98 Å². The Morgan fingerprint density at radius 1 is 0.774 bits per heavy atom. The Morgan fingerprint density at radius 3 is 2.23 bits per heavy atom. The van der Waals surface area contributed by atoms with Crippen LogP contribution in [0.5, 0.6) is 0 Å². The number of hydrogen-bond donors (Lipinski definition) is 2. The molecule has 0 saturated heterocycles. The van der Waals surface area contributed by atoms with Gasteiger partial charge in [-0.1, -0.05) is 42.5 Å². The molecule has 0 atom stereocenters. The van der Waals surface area contributed by atoms with Gasteiger partial charge in [-0.3, -0.25) is 0 Å². The van der Waals surface area contributed by atoms with Crippen LogP contribution < -0.4 is 15.5 Å². The number of rotatable bonds is 9. The van der Waals surface area contributed by atoms with Crippen LogP contribution in [0.1, 0.15) is 19.4 Å². The minimum absolute atomic E-state index is 0.594. The van der Waals surface area contributed by atoms with E-state index in [1.54, 1.807) is 0 Å². The van der Waals surface area contributed by atoms with Crippen molar-refractivity contribution in [3.05, 3.63) is 84.4 Å². The van der Waals surface area contributed by atoms with E-state index in [4.69, 9.17) is 9.97 Å². The Kier molecular flexibility index (Phi) is 6.62. The van der Waals surface area contributed by atoms with Gasteiger partial charge >= 0.3 is 0 Å². The molecule has 1 heterocycles. The fraction of sp³-hybridized carbons (Fsp3) is 0.231. The predicted molar refractivity (Wildman–Crippen MR) is 131 cm³/mol. The first-order valence-electron chi connectivity index (χ1n) is 10.9. The zero-order valence-electron chi connectivity index (χ0n) is 18.2. The maximum absolute atomic E-state index is 4.77. The molecule has 0 aliphatic heterocycles. The van der Waals surface area contributed by atoms with Gasteiger partial charge < -0.3 is 15.5 Å². The second kappa shape index (κ2) is 9.94. The molecule has 2 N–H and O–H groups in total. The number of anilines is 4. The molecule has 5 heteroatoms. The van der Waals surface area contributed by atoms with Crippen molar-refractivity contribution in [2.24, 2.45) is 0 Å². The van der Waals surface area contributed by atoms with Crippen LogP contribution >= 0.6 is 0 Å². The molecule has 0 unspecified atom stereocenters. The quantitative estimate of drug-likeness (QED) is 0.360. The summed E-state index contributed by atoms with van der Waals surface area (Å²) in [6.07, 6.45) is 0.939. The Balaban J connectivity index is 1.53. The summed E-state index contributed by atoms with van der Waals surface area (Å²) >= 11 is 0. The lowest BCUT2D eigenvalue weighted by molar-refractivity contribution is 0.866. The number of fused-ring (bicyclic) bond motifs is 1. The van der Waals surface area contributed by atoms with E-state index in [-0.39, 0.29) is 0 Å². The molecule has 0 aliphatic carbocycles. The Labute approximate surface area is 184 Å². The number of benzene rings is 3. The minimum Gasteiger partial charge on any atom is -0.372 e. The maximum Gasteiger partial charge on any atom is 0.229 e. The van der Waals surface area contributed by atoms with Crippen LogP contribution in [-0.4, -0.2) is 29.6 Å². The van der Waals surface area contributed by atoms with Gasteiger partial charge in [-0.15, -0.1) is 0 Å². The van der Waals surface area contributed by atoms with Crippen molar-refractivity contribution in [2.75, 3.05) is 35.2 Å². The highest BCUT2D eigenvalue weighted by Gasteiger charge is 2.08. The summed E-state index contributed by atoms with van der Waals surface area (Å²) < 4.78 is 0. The van der Waals surface area contributed by atoms with E-state index < -0.39 is 0 Å². The molecule has 0 radical (unpaired) electrons. The van der Waals surface area contributed by atoms with E-state index in [0.29, 0.717) is 5.95 Å². The van der Waals surface area contributed by atoms with Crippen LogP contribution in [0.15, 0.2) is 78.9 Å². The average molecular weight is 412 g/mol. The third kappa shape index (κ3) is 5.12. The summed E-state index contributed by atoms with van der Waals surface area (Å²) in [6, 6.07) is 27.0. The van der Waals surface area contributed by atoms with Crippen LogP contribution in [0.25, 0.3) is 10.9 Å². The molecule has 31 heavy (non-hydrogen) atoms. The molecule has 4 rings (SSSR count). The van der Waals surface area contributed by atoms with Gasteiger partial charge in [0.2, 0.25) is 5.95 Å². The SMILES string of the molecule is CCN(CC)c1ccc(Nc2nc(NCCc3ccccc3)c3ccccc3n2)cc1. The predicted octanol–water partition coefficient (Wildman–Crippen LogP) is 5.87. The lowest BCUT2D eigenvalue weighted by atomic mass is 10.1. The lowest BCUT2D eigenvalue weighted by Gasteiger charge is -2.21. The average Bonchev–Trinajstić information content (AvgIpc) is 2.82. The van der Waals surface area contributed by atoms with E-state index in [1.807, 2.05) is 24.3 Å². The van der Waals surface area contributed by atoms with Crippen molar-refractivity contribution in [1.29, 1.82) is 0 Å². The summed E-state index contributed by atoms with van der Waals surface area (Å²) in [5.41, 5.74) is 4.42. The Morgan fingerprint density at radius 2 is 1.48 bits per heavy atom. The molecular weight excluding hydrogens is 382 g/mol. The molecule has 3 aromatic carbocycles. The summed E-state index contributed by atoms with van der Waals surface area (Å²) in [6.45, 7) is 7.14. The second-order valence-corrected chi connectivity index (χ2v) is 7.42. The minimum atomic E-state index is 0.594. The molecule has 5 nitrogen and oxygen atoms in total. The van der Waals surface area contributed by atoms with Crippen molar-refractivity contribution < 1.29 is 0 Å². The summed E-state index contributed by atoms with van der Waals surface area (Å²) in [7, 11) is 0. The second-order valence-electron chi connectivity index (χ2n) is 7.42. The molecule has 0 aliphatic rings. The zero-order chi connectivity index (χ0) is 21.5. The maximum atomic E-state index is 4.77. The lowest BCUT2D eigenvalue weighted by Crippen LogP contribution is -2.21. The van der Waals surface area contributed by atoms with Crippen molar-refractivity contribution in [3.8, 4) is 0 Å². The van der Waals surface area contributed by atoms with Crippen molar-refractivity contribution in [1.82, 2.24) is 9.97 Å². The fourth-order valence-electron chi connectivity index (χ4n) is 3.71. The Bertz CT molecular complexity index is 1110. The third-order valence-electron chi connectivity index (χ3n) is 5.40.